The van der Waals surface area contributed by atoms with Crippen LogP contribution in [0.25, 0.3) is 104 Å². The van der Waals surface area contributed by atoms with Gasteiger partial charge in [0.05, 0.1) is 39.9 Å². The first-order valence-corrected chi connectivity index (χ1v) is 23.5. The van der Waals surface area contributed by atoms with Crippen LogP contribution in [0.5, 0.6) is 0 Å². The second-order valence-electron chi connectivity index (χ2n) is 19.9. The molecule has 11 aromatic rings. The molecule has 0 N–H and O–H groups in total. The van der Waals surface area contributed by atoms with Gasteiger partial charge in [0, 0.05) is 38.1 Å². The van der Waals surface area contributed by atoms with Crippen LogP contribution in [0.4, 0.5) is 18.9 Å². The molecule has 3 nitrogen and oxygen atoms in total. The van der Waals surface area contributed by atoms with Gasteiger partial charge in [-0.2, -0.15) is 13.2 Å². The van der Waals surface area contributed by atoms with E-state index in [9.17, 15) is 0 Å². The zero-order chi connectivity index (χ0) is 47.3. The highest BCUT2D eigenvalue weighted by Crippen LogP contribution is 2.56. The molecule has 332 valence electrons. The fourth-order valence-electron chi connectivity index (χ4n) is 12.6. The van der Waals surface area contributed by atoms with Crippen molar-refractivity contribution in [2.75, 3.05) is 0 Å². The van der Waals surface area contributed by atoms with Gasteiger partial charge in [-0.15, -0.1) is 0 Å². The molecule has 0 fully saturated rings. The monoisotopic (exact) mass is 899 g/mol. The minimum Gasteiger partial charge on any atom is -0.309 e. The molecule has 2 aromatic heterocycles. The lowest BCUT2D eigenvalue weighted by atomic mass is 9.80. The zero-order valence-corrected chi connectivity index (χ0v) is 38.7. The van der Waals surface area contributed by atoms with Crippen LogP contribution in [0.15, 0.2) is 176 Å². The van der Waals surface area contributed by atoms with Crippen molar-refractivity contribution in [3.05, 3.63) is 221 Å². The van der Waals surface area contributed by atoms with E-state index in [0.29, 0.717) is 27.9 Å². The van der Waals surface area contributed by atoms with Crippen molar-refractivity contribution in [2.24, 2.45) is 0 Å². The van der Waals surface area contributed by atoms with Crippen LogP contribution in [0.1, 0.15) is 61.1 Å². The van der Waals surface area contributed by atoms with Crippen LogP contribution >= 0.6 is 0 Å². The molecule has 9 aromatic carbocycles. The Morgan fingerprint density at radius 3 is 1.62 bits per heavy atom. The third-order valence-corrected chi connectivity index (χ3v) is 15.5. The van der Waals surface area contributed by atoms with Gasteiger partial charge in [-0.3, -0.25) is 0 Å². The second-order valence-corrected chi connectivity index (χ2v) is 19.9. The van der Waals surface area contributed by atoms with Gasteiger partial charge in [0.25, 0.3) is 0 Å². The smallest absolute Gasteiger partial charge is 0.309 e. The van der Waals surface area contributed by atoms with Crippen molar-refractivity contribution in [3.8, 4) is 55.9 Å². The van der Waals surface area contributed by atoms with Gasteiger partial charge in [-0.1, -0.05) is 149 Å². The number of para-hydroxylation sites is 2. The SMILES string of the molecule is [C-]#[N+]c1ccc(-n2c3ccccc3c3c4c(ccc32)-c2ccccc2C4(C)C)cc1-c1cc(-c2c(C)cccc2C(F)(F)F)ccc1-n1c2ccccc2c2c3c(ccc21)-c1ccccc1C3(C)C. The summed E-state index contributed by atoms with van der Waals surface area (Å²) in [6, 6.07) is 59.1. The molecule has 0 saturated carbocycles. The lowest BCUT2D eigenvalue weighted by Crippen LogP contribution is -2.15. The van der Waals surface area contributed by atoms with Crippen molar-refractivity contribution >= 4 is 49.3 Å². The number of fused-ring (bicyclic) bond motifs is 14. The first-order chi connectivity index (χ1) is 33.3. The molecule has 0 aliphatic heterocycles. The normalized spacial score (nSPS) is 14.3. The van der Waals surface area contributed by atoms with Gasteiger partial charge in [0.15, 0.2) is 5.69 Å². The van der Waals surface area contributed by atoms with Crippen molar-refractivity contribution in [1.82, 2.24) is 9.13 Å². The van der Waals surface area contributed by atoms with Crippen molar-refractivity contribution in [1.29, 1.82) is 0 Å². The van der Waals surface area contributed by atoms with E-state index in [-0.39, 0.29) is 16.4 Å². The van der Waals surface area contributed by atoms with E-state index >= 15 is 13.2 Å². The Balaban J connectivity index is 1.12. The van der Waals surface area contributed by atoms with Crippen LogP contribution in [0.3, 0.4) is 0 Å². The summed E-state index contributed by atoms with van der Waals surface area (Å²) in [6.45, 7) is 19.6. The highest BCUT2D eigenvalue weighted by atomic mass is 19.4. The number of benzene rings is 9. The van der Waals surface area contributed by atoms with Gasteiger partial charge < -0.3 is 9.13 Å². The second kappa shape index (κ2) is 14.2. The zero-order valence-electron chi connectivity index (χ0n) is 38.7. The largest absolute Gasteiger partial charge is 0.417 e. The molecule has 2 aliphatic rings. The van der Waals surface area contributed by atoms with Crippen LogP contribution in [0, 0.1) is 13.5 Å². The molecule has 2 heterocycles. The summed E-state index contributed by atoms with van der Waals surface area (Å²) in [5, 5.41) is 4.54. The number of hydrogen-bond acceptors (Lipinski definition) is 0. The number of aromatic nitrogens is 2. The Kier molecular flexibility index (Phi) is 8.45. The van der Waals surface area contributed by atoms with Crippen LogP contribution in [-0.2, 0) is 17.0 Å². The number of alkyl halides is 3. The Hall–Kier alpha value is -8.14. The minimum absolute atomic E-state index is 0.123. The fraction of sp³-hybridized carbons (Fsp3) is 0.127. The molecule has 0 saturated heterocycles. The van der Waals surface area contributed by atoms with E-state index in [1.165, 1.54) is 56.0 Å². The Morgan fingerprint density at radius 1 is 0.478 bits per heavy atom. The maximum Gasteiger partial charge on any atom is 0.417 e. The molecule has 0 unspecified atom stereocenters. The number of rotatable bonds is 4. The predicted octanol–water partition coefficient (Wildman–Crippen LogP) is 17.7. The Bertz CT molecular complexity index is 4090. The maximum absolute atomic E-state index is 15.0. The minimum atomic E-state index is -4.59. The van der Waals surface area contributed by atoms with E-state index in [1.807, 2.05) is 36.4 Å². The summed E-state index contributed by atoms with van der Waals surface area (Å²) >= 11 is 0. The lowest BCUT2D eigenvalue weighted by Gasteiger charge is -2.23. The summed E-state index contributed by atoms with van der Waals surface area (Å²) in [6.07, 6.45) is -4.59. The highest BCUT2D eigenvalue weighted by Gasteiger charge is 2.40. The van der Waals surface area contributed by atoms with Gasteiger partial charge in [-0.25, -0.2) is 4.85 Å². The topological polar surface area (TPSA) is 14.2 Å². The molecule has 0 atom stereocenters. The van der Waals surface area contributed by atoms with E-state index in [1.54, 1.807) is 13.0 Å². The summed E-state index contributed by atoms with van der Waals surface area (Å²) in [5.74, 6) is 0. The standard InChI is InChI=1S/C63H44F3N3/c1-36-16-15-23-49(63(64,65)66)56(36)37-26-31-53(69-52-25-14-10-20-44(52)58-55(69)33-29-42-40-18-8-12-22-48(40)62(4,5)60(42)58)46(34-37)45-35-38(27-30-50(45)67-6)68-51-24-13-9-19-43(51)57-54(68)32-28-41-39-17-7-11-21-47(39)61(2,3)59(41)57/h7-35H,1-5H3. The predicted molar refractivity (Wildman–Crippen MR) is 277 cm³/mol. The van der Waals surface area contributed by atoms with Crippen molar-refractivity contribution in [2.45, 2.75) is 51.6 Å². The summed E-state index contributed by atoms with van der Waals surface area (Å²) in [4.78, 5) is 4.15. The van der Waals surface area contributed by atoms with Crippen molar-refractivity contribution in [3.63, 3.8) is 0 Å². The lowest BCUT2D eigenvalue weighted by molar-refractivity contribution is -0.137. The number of nitrogens with zero attached hydrogens (tertiary/aromatic N) is 3. The summed E-state index contributed by atoms with van der Waals surface area (Å²) in [5.41, 5.74) is 17.1. The van der Waals surface area contributed by atoms with Crippen LogP contribution in [0.2, 0.25) is 0 Å². The first-order valence-electron chi connectivity index (χ1n) is 23.5. The molecular weight excluding hydrogens is 856 g/mol. The van der Waals surface area contributed by atoms with Gasteiger partial charge >= 0.3 is 6.18 Å². The average Bonchev–Trinajstić information content (AvgIpc) is 4.02. The molecule has 69 heavy (non-hydrogen) atoms. The molecule has 0 amide bonds. The van der Waals surface area contributed by atoms with Crippen molar-refractivity contribution < 1.29 is 13.2 Å². The first kappa shape index (κ1) is 41.1. The van der Waals surface area contributed by atoms with Gasteiger partial charge in [0.1, 0.15) is 0 Å². The molecular formula is C63H44F3N3. The van der Waals surface area contributed by atoms with Gasteiger partial charge in [-0.05, 0) is 134 Å². The number of halogens is 3. The molecule has 13 rings (SSSR count). The third kappa shape index (κ3) is 5.56. The molecule has 0 radical (unpaired) electrons. The quantitative estimate of drug-likeness (QED) is 0.156. The van der Waals surface area contributed by atoms with Gasteiger partial charge in [0.2, 0.25) is 0 Å². The molecule has 6 heteroatoms. The molecule has 0 spiro atoms. The summed E-state index contributed by atoms with van der Waals surface area (Å²) < 4.78 is 49.6. The fourth-order valence-corrected chi connectivity index (χ4v) is 12.6. The number of hydrogen-bond donors (Lipinski definition) is 0. The van der Waals surface area contributed by atoms with Crippen LogP contribution < -0.4 is 0 Å². The Morgan fingerprint density at radius 2 is 1.03 bits per heavy atom. The highest BCUT2D eigenvalue weighted by molar-refractivity contribution is 6.16. The van der Waals surface area contributed by atoms with E-state index in [4.69, 9.17) is 6.57 Å². The number of aryl methyl sites for hydroxylation is 1. The third-order valence-electron chi connectivity index (χ3n) is 15.5. The van der Waals surface area contributed by atoms with E-state index < -0.39 is 11.7 Å². The Labute approximate surface area is 398 Å². The van der Waals surface area contributed by atoms with E-state index in [0.717, 1.165) is 55.7 Å². The van der Waals surface area contributed by atoms with Crippen LogP contribution in [-0.4, -0.2) is 9.13 Å². The molecule has 2 aliphatic carbocycles. The summed E-state index contributed by atoms with van der Waals surface area (Å²) in [7, 11) is 0. The average molecular weight is 900 g/mol. The maximum atomic E-state index is 15.0. The molecule has 0 bridgehead atoms. The van der Waals surface area contributed by atoms with E-state index in [2.05, 4.69) is 163 Å².